The Morgan fingerprint density at radius 3 is 2.36 bits per heavy atom. The van der Waals surface area contributed by atoms with Crippen LogP contribution in [0.1, 0.15) is 41.5 Å². The Kier molecular flexibility index (Phi) is 4.19. The fraction of sp³-hybridized carbons (Fsp3) is 0.875. The van der Waals surface area contributed by atoms with Crippen molar-refractivity contribution in [1.29, 1.82) is 0 Å². The van der Waals surface area contributed by atoms with Gasteiger partial charge in [0.25, 0.3) is 0 Å². The molecular weight excluding hydrogens is 286 g/mol. The molecule has 1 unspecified atom stereocenters. The lowest BCUT2D eigenvalue weighted by Crippen LogP contribution is -2.55. The minimum Gasteiger partial charge on any atom is -0.481 e. The fourth-order valence-corrected chi connectivity index (χ4v) is 3.64. The van der Waals surface area contributed by atoms with Gasteiger partial charge in [-0.1, -0.05) is 13.8 Å². The summed E-state index contributed by atoms with van der Waals surface area (Å²) in [5.74, 6) is -1.38. The molecule has 0 aromatic heterocycles. The van der Waals surface area contributed by atoms with Crippen molar-refractivity contribution in [2.24, 2.45) is 17.3 Å². The number of morpholine rings is 1. The van der Waals surface area contributed by atoms with E-state index in [9.17, 15) is 14.7 Å². The van der Waals surface area contributed by atoms with Crippen LogP contribution in [0, 0.1) is 17.3 Å². The smallest absolute Gasteiger partial charge is 0.410 e. The average molecular weight is 313 g/mol. The standard InChI is InChI=1S/C16H27NO5/c1-9-12(10-11(13(18)19)16(10,5)6)17(7-8-21-9)14(20)22-15(2,3)4/h9-12H,7-8H2,1-6H3,(H,18,19)/t9-,10-,11-,12?/m1/s1. The van der Waals surface area contributed by atoms with Crippen molar-refractivity contribution in [1.82, 2.24) is 4.90 Å². The van der Waals surface area contributed by atoms with Gasteiger partial charge in [0, 0.05) is 12.5 Å². The predicted octanol–water partition coefficient (Wildman–Crippen LogP) is 2.37. The van der Waals surface area contributed by atoms with Gasteiger partial charge in [-0.15, -0.1) is 0 Å². The molecule has 1 amide bonds. The summed E-state index contributed by atoms with van der Waals surface area (Å²) in [5.41, 5.74) is -0.917. The van der Waals surface area contributed by atoms with E-state index in [0.717, 1.165) is 0 Å². The maximum atomic E-state index is 12.5. The molecule has 2 fully saturated rings. The second-order valence-electron chi connectivity index (χ2n) is 7.90. The largest absolute Gasteiger partial charge is 0.481 e. The number of carboxylic acid groups (broad SMARTS) is 1. The van der Waals surface area contributed by atoms with Gasteiger partial charge in [-0.25, -0.2) is 4.79 Å². The zero-order valence-electron chi connectivity index (χ0n) is 14.3. The number of carbonyl (C=O) groups excluding carboxylic acids is 1. The van der Waals surface area contributed by atoms with Gasteiger partial charge in [0.05, 0.1) is 24.7 Å². The number of hydrogen-bond donors (Lipinski definition) is 1. The first-order valence-electron chi connectivity index (χ1n) is 7.81. The maximum absolute atomic E-state index is 12.5. The number of carboxylic acids is 1. The van der Waals surface area contributed by atoms with Crippen molar-refractivity contribution in [2.75, 3.05) is 13.2 Å². The summed E-state index contributed by atoms with van der Waals surface area (Å²) in [5, 5.41) is 9.41. The number of ether oxygens (including phenoxy) is 2. The van der Waals surface area contributed by atoms with Gasteiger partial charge >= 0.3 is 12.1 Å². The van der Waals surface area contributed by atoms with E-state index in [0.29, 0.717) is 13.2 Å². The number of amides is 1. The van der Waals surface area contributed by atoms with Crippen LogP contribution in [0.15, 0.2) is 0 Å². The lowest BCUT2D eigenvalue weighted by molar-refractivity contribution is -0.140. The number of nitrogens with zero attached hydrogens (tertiary/aromatic N) is 1. The van der Waals surface area contributed by atoms with Crippen LogP contribution in [0.4, 0.5) is 4.79 Å². The van der Waals surface area contributed by atoms with Gasteiger partial charge in [0.2, 0.25) is 0 Å². The molecule has 1 heterocycles. The highest BCUT2D eigenvalue weighted by Gasteiger charge is 2.67. The molecule has 0 aromatic carbocycles. The highest BCUT2D eigenvalue weighted by molar-refractivity contribution is 5.76. The Labute approximate surface area is 131 Å². The molecule has 1 saturated heterocycles. The van der Waals surface area contributed by atoms with Crippen LogP contribution >= 0.6 is 0 Å². The van der Waals surface area contributed by atoms with Crippen molar-refractivity contribution >= 4 is 12.1 Å². The topological polar surface area (TPSA) is 76.1 Å². The van der Waals surface area contributed by atoms with E-state index in [2.05, 4.69) is 0 Å². The first-order valence-corrected chi connectivity index (χ1v) is 7.81. The van der Waals surface area contributed by atoms with Crippen molar-refractivity contribution in [3.05, 3.63) is 0 Å². The lowest BCUT2D eigenvalue weighted by Gasteiger charge is -2.41. The highest BCUT2D eigenvalue weighted by atomic mass is 16.6. The van der Waals surface area contributed by atoms with E-state index >= 15 is 0 Å². The average Bonchev–Trinajstić information content (AvgIpc) is 2.89. The first-order chi connectivity index (χ1) is 9.97. The molecule has 126 valence electrons. The third-order valence-corrected chi connectivity index (χ3v) is 4.73. The summed E-state index contributed by atoms with van der Waals surface area (Å²) in [6.45, 7) is 12.1. The number of rotatable bonds is 2. The summed E-state index contributed by atoms with van der Waals surface area (Å²) in [6.07, 6.45) is -0.589. The monoisotopic (exact) mass is 313 g/mol. The third kappa shape index (κ3) is 3.07. The molecule has 22 heavy (non-hydrogen) atoms. The zero-order valence-corrected chi connectivity index (χ0v) is 14.3. The van der Waals surface area contributed by atoms with E-state index in [1.54, 1.807) is 4.90 Å². The Morgan fingerprint density at radius 1 is 1.32 bits per heavy atom. The Bertz CT molecular complexity index is 468. The molecule has 0 radical (unpaired) electrons. The summed E-state index contributed by atoms with van der Waals surface area (Å²) in [7, 11) is 0. The molecule has 1 N–H and O–H groups in total. The van der Waals surface area contributed by atoms with Crippen molar-refractivity contribution in [3.8, 4) is 0 Å². The van der Waals surface area contributed by atoms with Crippen LogP contribution in [0.2, 0.25) is 0 Å². The summed E-state index contributed by atoms with van der Waals surface area (Å²) >= 11 is 0. The minimum atomic E-state index is -0.808. The van der Waals surface area contributed by atoms with E-state index in [1.165, 1.54) is 0 Å². The molecule has 6 nitrogen and oxygen atoms in total. The molecule has 2 aliphatic rings. The number of aliphatic carboxylic acids is 1. The summed E-state index contributed by atoms with van der Waals surface area (Å²) in [4.78, 5) is 25.6. The van der Waals surface area contributed by atoms with Crippen LogP contribution in [0.3, 0.4) is 0 Å². The quantitative estimate of drug-likeness (QED) is 0.847. The van der Waals surface area contributed by atoms with E-state index < -0.39 is 17.5 Å². The minimum absolute atomic E-state index is 0.118. The Hall–Kier alpha value is -1.30. The molecule has 0 spiro atoms. The van der Waals surface area contributed by atoms with Gasteiger partial charge in [-0.05, 0) is 33.1 Å². The summed E-state index contributed by atoms with van der Waals surface area (Å²) in [6, 6.07) is -0.264. The molecule has 1 saturated carbocycles. The maximum Gasteiger partial charge on any atom is 0.410 e. The van der Waals surface area contributed by atoms with E-state index in [4.69, 9.17) is 9.47 Å². The first kappa shape index (κ1) is 17.1. The Balaban J connectivity index is 2.22. The van der Waals surface area contributed by atoms with Gasteiger partial charge in [0.1, 0.15) is 5.60 Å². The van der Waals surface area contributed by atoms with Gasteiger partial charge in [-0.2, -0.15) is 0 Å². The second kappa shape index (κ2) is 5.41. The van der Waals surface area contributed by atoms with Crippen molar-refractivity contribution < 1.29 is 24.2 Å². The van der Waals surface area contributed by atoms with Crippen LogP contribution < -0.4 is 0 Å². The van der Waals surface area contributed by atoms with E-state index in [1.807, 2.05) is 41.5 Å². The summed E-state index contributed by atoms with van der Waals surface area (Å²) < 4.78 is 11.2. The molecule has 0 bridgehead atoms. The van der Waals surface area contributed by atoms with Gasteiger partial charge in [-0.3, -0.25) is 9.69 Å². The van der Waals surface area contributed by atoms with E-state index in [-0.39, 0.29) is 29.6 Å². The molecule has 0 aromatic rings. The fourth-order valence-electron chi connectivity index (χ4n) is 3.64. The SMILES string of the molecule is C[C@H]1OCCN(C(=O)OC(C)(C)C)C1[C@H]1[C@H](C(=O)O)C1(C)C. The highest BCUT2D eigenvalue weighted by Crippen LogP contribution is 2.61. The Morgan fingerprint density at radius 2 is 1.91 bits per heavy atom. The molecular formula is C16H27NO5. The van der Waals surface area contributed by atoms with Crippen LogP contribution in [-0.2, 0) is 14.3 Å². The zero-order chi connectivity index (χ0) is 16.9. The van der Waals surface area contributed by atoms with Crippen LogP contribution in [0.5, 0.6) is 0 Å². The van der Waals surface area contributed by atoms with Crippen LogP contribution in [0.25, 0.3) is 0 Å². The number of carbonyl (C=O) groups is 2. The molecule has 1 aliphatic carbocycles. The second-order valence-corrected chi connectivity index (χ2v) is 7.90. The molecule has 2 rings (SSSR count). The predicted molar refractivity (Wildman–Crippen MR) is 80.5 cm³/mol. The lowest BCUT2D eigenvalue weighted by atomic mass is 9.97. The molecule has 6 heteroatoms. The van der Waals surface area contributed by atoms with Crippen LogP contribution in [-0.4, -0.2) is 53.0 Å². The normalized spacial score (nSPS) is 34.2. The molecule has 1 aliphatic heterocycles. The number of hydrogen-bond acceptors (Lipinski definition) is 4. The molecule has 4 atom stereocenters. The third-order valence-electron chi connectivity index (χ3n) is 4.73. The van der Waals surface area contributed by atoms with Gasteiger partial charge < -0.3 is 14.6 Å². The van der Waals surface area contributed by atoms with Crippen molar-refractivity contribution in [3.63, 3.8) is 0 Å². The van der Waals surface area contributed by atoms with Gasteiger partial charge in [0.15, 0.2) is 0 Å². The van der Waals surface area contributed by atoms with Crippen molar-refractivity contribution in [2.45, 2.75) is 59.3 Å².